The Labute approximate surface area is 129 Å². The summed E-state index contributed by atoms with van der Waals surface area (Å²) >= 11 is 9.05. The molecule has 3 rings (SSSR count). The van der Waals surface area contributed by atoms with E-state index in [-0.39, 0.29) is 10.6 Å². The minimum atomic E-state index is -1.04. The first kappa shape index (κ1) is 13.9. The van der Waals surface area contributed by atoms with Crippen molar-refractivity contribution in [2.75, 3.05) is 11.9 Å². The summed E-state index contributed by atoms with van der Waals surface area (Å²) in [5.74, 6) is -0.593. The number of aliphatic hydroxyl groups is 1. The number of benzene rings is 2. The summed E-state index contributed by atoms with van der Waals surface area (Å²) in [7, 11) is 0. The van der Waals surface area contributed by atoms with Crippen molar-refractivity contribution in [1.29, 1.82) is 0 Å². The monoisotopic (exact) mass is 355 g/mol. The summed E-state index contributed by atoms with van der Waals surface area (Å²) in [5.41, 5.74) is 2.90. The minimum Gasteiger partial charge on any atom is -0.384 e. The third kappa shape index (κ3) is 2.22. The van der Waals surface area contributed by atoms with E-state index in [2.05, 4.69) is 21.2 Å². The molecule has 0 saturated carbocycles. The zero-order chi connectivity index (χ0) is 14.3. The lowest BCUT2D eigenvalue weighted by Gasteiger charge is -2.17. The normalized spacial score (nSPS) is 14.8. The lowest BCUT2D eigenvalue weighted by Crippen LogP contribution is -2.06. The molecule has 0 radical (unpaired) electrons. The van der Waals surface area contributed by atoms with Gasteiger partial charge in [-0.25, -0.2) is 4.39 Å². The van der Waals surface area contributed by atoms with Crippen molar-refractivity contribution in [2.24, 2.45) is 0 Å². The van der Waals surface area contributed by atoms with Crippen LogP contribution in [0.2, 0.25) is 5.02 Å². The molecule has 0 amide bonds. The molecule has 0 fully saturated rings. The van der Waals surface area contributed by atoms with Crippen LogP contribution in [0.3, 0.4) is 0 Å². The molecule has 1 heterocycles. The number of halogens is 3. The highest BCUT2D eigenvalue weighted by atomic mass is 79.9. The molecule has 0 aliphatic carbocycles. The molecular weight excluding hydrogens is 345 g/mol. The SMILES string of the molecule is OC(c1ccc(Br)c(Cl)c1F)c1cccc2c1NCC2. The lowest BCUT2D eigenvalue weighted by molar-refractivity contribution is 0.215. The maximum absolute atomic E-state index is 14.2. The second-order valence-corrected chi connectivity index (χ2v) is 5.96. The van der Waals surface area contributed by atoms with Gasteiger partial charge in [0.05, 0.1) is 5.02 Å². The van der Waals surface area contributed by atoms with Gasteiger partial charge in [-0.1, -0.05) is 35.9 Å². The standard InChI is InChI=1S/C15H12BrClFNO/c16-11-5-4-9(13(18)12(11)17)15(20)10-3-1-2-8-6-7-19-14(8)10/h1-5,15,19-20H,6-7H2. The van der Waals surface area contributed by atoms with Crippen molar-refractivity contribution >= 4 is 33.2 Å². The van der Waals surface area contributed by atoms with Crippen LogP contribution in [0, 0.1) is 5.82 Å². The Morgan fingerprint density at radius 1 is 1.25 bits per heavy atom. The molecule has 1 aliphatic rings. The van der Waals surface area contributed by atoms with E-state index in [4.69, 9.17) is 11.6 Å². The average Bonchev–Trinajstić information content (AvgIpc) is 2.92. The zero-order valence-electron chi connectivity index (χ0n) is 10.5. The Morgan fingerprint density at radius 2 is 2.05 bits per heavy atom. The number of anilines is 1. The van der Waals surface area contributed by atoms with Gasteiger partial charge in [0.1, 0.15) is 11.9 Å². The van der Waals surface area contributed by atoms with E-state index in [1.54, 1.807) is 18.2 Å². The van der Waals surface area contributed by atoms with E-state index in [0.717, 1.165) is 24.2 Å². The maximum Gasteiger partial charge on any atom is 0.149 e. The van der Waals surface area contributed by atoms with Crippen LogP contribution in [0.15, 0.2) is 34.8 Å². The van der Waals surface area contributed by atoms with Crippen LogP contribution in [-0.2, 0) is 6.42 Å². The van der Waals surface area contributed by atoms with E-state index < -0.39 is 11.9 Å². The number of hydrogen-bond acceptors (Lipinski definition) is 2. The van der Waals surface area contributed by atoms with Crippen LogP contribution in [0.25, 0.3) is 0 Å². The molecule has 104 valence electrons. The van der Waals surface area contributed by atoms with Crippen molar-refractivity contribution in [2.45, 2.75) is 12.5 Å². The van der Waals surface area contributed by atoms with Crippen LogP contribution in [-0.4, -0.2) is 11.7 Å². The molecule has 1 unspecified atom stereocenters. The number of hydrogen-bond donors (Lipinski definition) is 2. The number of nitrogens with one attached hydrogen (secondary N) is 1. The Morgan fingerprint density at radius 3 is 2.85 bits per heavy atom. The van der Waals surface area contributed by atoms with Gasteiger partial charge in [0.25, 0.3) is 0 Å². The van der Waals surface area contributed by atoms with Gasteiger partial charge in [-0.2, -0.15) is 0 Å². The van der Waals surface area contributed by atoms with Crippen molar-refractivity contribution in [3.05, 3.63) is 62.3 Å². The van der Waals surface area contributed by atoms with Crippen molar-refractivity contribution < 1.29 is 9.50 Å². The van der Waals surface area contributed by atoms with E-state index in [0.29, 0.717) is 10.0 Å². The van der Waals surface area contributed by atoms with Crippen molar-refractivity contribution in [1.82, 2.24) is 0 Å². The smallest absolute Gasteiger partial charge is 0.149 e. The van der Waals surface area contributed by atoms with E-state index in [1.165, 1.54) is 0 Å². The second kappa shape index (κ2) is 5.35. The highest BCUT2D eigenvalue weighted by Gasteiger charge is 2.23. The van der Waals surface area contributed by atoms with Gasteiger partial charge < -0.3 is 10.4 Å². The molecule has 5 heteroatoms. The Balaban J connectivity index is 2.08. The van der Waals surface area contributed by atoms with Crippen molar-refractivity contribution in [3.63, 3.8) is 0 Å². The molecule has 2 nitrogen and oxygen atoms in total. The summed E-state index contributed by atoms with van der Waals surface area (Å²) in [4.78, 5) is 0. The first-order valence-corrected chi connectivity index (χ1v) is 7.44. The van der Waals surface area contributed by atoms with E-state index in [9.17, 15) is 9.50 Å². The summed E-state index contributed by atoms with van der Waals surface area (Å²) in [6, 6.07) is 8.88. The van der Waals surface area contributed by atoms with Gasteiger partial charge in [-0.05, 0) is 34.0 Å². The largest absolute Gasteiger partial charge is 0.384 e. The molecule has 2 N–H and O–H groups in total. The molecule has 1 atom stereocenters. The fourth-order valence-electron chi connectivity index (χ4n) is 2.51. The van der Waals surface area contributed by atoms with Crippen LogP contribution < -0.4 is 5.32 Å². The fourth-order valence-corrected chi connectivity index (χ4v) is 2.99. The first-order chi connectivity index (χ1) is 9.59. The summed E-state index contributed by atoms with van der Waals surface area (Å²) < 4.78 is 14.7. The first-order valence-electron chi connectivity index (χ1n) is 6.26. The van der Waals surface area contributed by atoms with Gasteiger partial charge >= 0.3 is 0 Å². The predicted molar refractivity (Wildman–Crippen MR) is 81.8 cm³/mol. The van der Waals surface area contributed by atoms with Gasteiger partial charge in [0.15, 0.2) is 0 Å². The molecule has 0 bridgehead atoms. The van der Waals surface area contributed by atoms with E-state index >= 15 is 0 Å². The molecule has 0 saturated heterocycles. The predicted octanol–water partition coefficient (Wildman–Crippen LogP) is 4.29. The quantitative estimate of drug-likeness (QED) is 0.787. The Kier molecular flexibility index (Phi) is 3.71. The molecule has 2 aromatic carbocycles. The van der Waals surface area contributed by atoms with Crippen LogP contribution in [0.5, 0.6) is 0 Å². The number of para-hydroxylation sites is 1. The molecule has 0 aromatic heterocycles. The topological polar surface area (TPSA) is 32.3 Å². The number of rotatable bonds is 2. The summed E-state index contributed by atoms with van der Waals surface area (Å²) in [6.45, 7) is 0.836. The lowest BCUT2D eigenvalue weighted by atomic mass is 9.97. The average molecular weight is 357 g/mol. The fraction of sp³-hybridized carbons (Fsp3) is 0.200. The Hall–Kier alpha value is -1.10. The molecular formula is C15H12BrClFNO. The van der Waals surface area contributed by atoms with Gasteiger partial charge in [0, 0.05) is 27.8 Å². The van der Waals surface area contributed by atoms with Gasteiger partial charge in [0.2, 0.25) is 0 Å². The van der Waals surface area contributed by atoms with Gasteiger partial charge in [-0.3, -0.25) is 0 Å². The van der Waals surface area contributed by atoms with Gasteiger partial charge in [-0.15, -0.1) is 0 Å². The second-order valence-electron chi connectivity index (χ2n) is 4.73. The van der Waals surface area contributed by atoms with Crippen molar-refractivity contribution in [3.8, 4) is 0 Å². The van der Waals surface area contributed by atoms with Crippen LogP contribution >= 0.6 is 27.5 Å². The summed E-state index contributed by atoms with van der Waals surface area (Å²) in [6.07, 6.45) is -0.124. The Bertz CT molecular complexity index is 677. The third-order valence-electron chi connectivity index (χ3n) is 3.53. The highest BCUT2D eigenvalue weighted by Crippen LogP contribution is 2.37. The highest BCUT2D eigenvalue weighted by molar-refractivity contribution is 9.10. The number of fused-ring (bicyclic) bond motifs is 1. The van der Waals surface area contributed by atoms with Crippen LogP contribution in [0.1, 0.15) is 22.8 Å². The van der Waals surface area contributed by atoms with Crippen LogP contribution in [0.4, 0.5) is 10.1 Å². The summed E-state index contributed by atoms with van der Waals surface area (Å²) in [5, 5.41) is 13.7. The maximum atomic E-state index is 14.2. The zero-order valence-corrected chi connectivity index (χ0v) is 12.8. The molecule has 20 heavy (non-hydrogen) atoms. The molecule has 2 aromatic rings. The molecule has 1 aliphatic heterocycles. The third-order valence-corrected chi connectivity index (χ3v) is 4.79. The number of aliphatic hydroxyl groups excluding tert-OH is 1. The molecule has 0 spiro atoms. The minimum absolute atomic E-state index is 0.0120. The van der Waals surface area contributed by atoms with E-state index in [1.807, 2.05) is 12.1 Å².